The summed E-state index contributed by atoms with van der Waals surface area (Å²) in [5, 5.41) is 2.29. The van der Waals surface area contributed by atoms with Crippen molar-refractivity contribution in [1.82, 2.24) is 16.2 Å². The molecule has 0 saturated heterocycles. The molecule has 0 radical (unpaired) electrons. The molecular formula is C16H16BrN3O4S. The predicted molar refractivity (Wildman–Crippen MR) is 99.1 cm³/mol. The van der Waals surface area contributed by atoms with E-state index in [1.807, 2.05) is 12.1 Å². The van der Waals surface area contributed by atoms with E-state index < -0.39 is 11.8 Å². The Hall–Kier alpha value is -2.39. The van der Waals surface area contributed by atoms with Gasteiger partial charge in [0, 0.05) is 0 Å². The molecule has 0 unspecified atom stereocenters. The summed E-state index contributed by atoms with van der Waals surface area (Å²) in [6, 6.07) is 10.5. The molecule has 132 valence electrons. The number of rotatable bonds is 5. The van der Waals surface area contributed by atoms with Gasteiger partial charge in [0.25, 0.3) is 11.8 Å². The van der Waals surface area contributed by atoms with Crippen molar-refractivity contribution in [3.05, 3.63) is 52.4 Å². The predicted octanol–water partition coefficient (Wildman–Crippen LogP) is 2.32. The van der Waals surface area contributed by atoms with E-state index in [2.05, 4.69) is 39.0 Å². The summed E-state index contributed by atoms with van der Waals surface area (Å²) in [6.45, 7) is 1.86. The number of nitrogens with one attached hydrogen (secondary N) is 3. The van der Waals surface area contributed by atoms with E-state index in [9.17, 15) is 9.59 Å². The lowest BCUT2D eigenvalue weighted by Gasteiger charge is -2.11. The van der Waals surface area contributed by atoms with Crippen LogP contribution in [0.2, 0.25) is 0 Å². The summed E-state index contributed by atoms with van der Waals surface area (Å²) >= 11 is 8.00. The number of carbonyl (C=O) groups excluding carboxylic acids is 2. The third-order valence-electron chi connectivity index (χ3n) is 3.04. The minimum atomic E-state index is -0.537. The average molecular weight is 426 g/mol. The van der Waals surface area contributed by atoms with Crippen molar-refractivity contribution in [2.24, 2.45) is 0 Å². The van der Waals surface area contributed by atoms with Crippen molar-refractivity contribution in [2.75, 3.05) is 6.61 Å². The summed E-state index contributed by atoms with van der Waals surface area (Å²) in [4.78, 5) is 23.5. The topological polar surface area (TPSA) is 92.6 Å². The highest BCUT2D eigenvalue weighted by molar-refractivity contribution is 9.10. The number of halogens is 1. The largest absolute Gasteiger partial charge is 0.484 e. The van der Waals surface area contributed by atoms with Crippen LogP contribution in [0.5, 0.6) is 5.75 Å². The zero-order valence-electron chi connectivity index (χ0n) is 13.3. The van der Waals surface area contributed by atoms with E-state index in [-0.39, 0.29) is 17.5 Å². The van der Waals surface area contributed by atoms with E-state index in [4.69, 9.17) is 21.4 Å². The van der Waals surface area contributed by atoms with E-state index in [1.54, 1.807) is 18.2 Å². The van der Waals surface area contributed by atoms with Crippen LogP contribution in [0.15, 0.2) is 45.5 Å². The first kappa shape index (κ1) is 18.9. The fourth-order valence-electron chi connectivity index (χ4n) is 1.77. The lowest BCUT2D eigenvalue weighted by atomic mass is 10.2. The molecule has 0 aliphatic heterocycles. The number of hydrogen-bond acceptors (Lipinski definition) is 5. The second kappa shape index (κ2) is 9.19. The van der Waals surface area contributed by atoms with Gasteiger partial charge in [-0.15, -0.1) is 0 Å². The van der Waals surface area contributed by atoms with E-state index in [0.29, 0.717) is 10.4 Å². The maximum absolute atomic E-state index is 11.8. The van der Waals surface area contributed by atoms with Crippen molar-refractivity contribution in [3.63, 3.8) is 0 Å². The van der Waals surface area contributed by atoms with Crippen LogP contribution in [-0.2, 0) is 11.2 Å². The zero-order chi connectivity index (χ0) is 18.2. The maximum atomic E-state index is 11.8. The molecule has 0 saturated carbocycles. The van der Waals surface area contributed by atoms with Crippen molar-refractivity contribution < 1.29 is 18.7 Å². The quantitative estimate of drug-likeness (QED) is 0.502. The van der Waals surface area contributed by atoms with Gasteiger partial charge in [0.15, 0.2) is 22.1 Å². The van der Waals surface area contributed by atoms with Crippen LogP contribution in [0.4, 0.5) is 0 Å². The van der Waals surface area contributed by atoms with Crippen molar-refractivity contribution in [1.29, 1.82) is 0 Å². The summed E-state index contributed by atoms with van der Waals surface area (Å²) in [7, 11) is 0. The Bertz CT molecular complexity index is 761. The maximum Gasteiger partial charge on any atom is 0.293 e. The molecule has 0 atom stereocenters. The number of carbonyl (C=O) groups is 2. The van der Waals surface area contributed by atoms with Crippen molar-refractivity contribution in [3.8, 4) is 5.75 Å². The second-order valence-corrected chi connectivity index (χ2v) is 6.04. The van der Waals surface area contributed by atoms with Crippen LogP contribution in [0.1, 0.15) is 23.0 Å². The molecule has 25 heavy (non-hydrogen) atoms. The van der Waals surface area contributed by atoms with Gasteiger partial charge >= 0.3 is 0 Å². The second-order valence-electron chi connectivity index (χ2n) is 4.85. The van der Waals surface area contributed by atoms with Gasteiger partial charge in [-0.2, -0.15) is 0 Å². The van der Waals surface area contributed by atoms with Gasteiger partial charge in [0.1, 0.15) is 5.75 Å². The fraction of sp³-hybridized carbons (Fsp3) is 0.188. The van der Waals surface area contributed by atoms with E-state index in [1.165, 1.54) is 11.6 Å². The number of amides is 2. The highest BCUT2D eigenvalue weighted by Crippen LogP contribution is 2.13. The van der Waals surface area contributed by atoms with E-state index in [0.717, 1.165) is 6.42 Å². The number of aryl methyl sites for hydroxylation is 1. The van der Waals surface area contributed by atoms with Crippen LogP contribution in [0.25, 0.3) is 0 Å². The smallest absolute Gasteiger partial charge is 0.293 e. The highest BCUT2D eigenvalue weighted by atomic mass is 79.9. The Labute approximate surface area is 158 Å². The van der Waals surface area contributed by atoms with Crippen molar-refractivity contribution in [2.45, 2.75) is 13.3 Å². The zero-order valence-corrected chi connectivity index (χ0v) is 15.7. The molecule has 1 aromatic heterocycles. The molecular weight excluding hydrogens is 410 g/mol. The van der Waals surface area contributed by atoms with Gasteiger partial charge < -0.3 is 9.15 Å². The third kappa shape index (κ3) is 6.20. The number of thiocarbonyl (C=S) groups is 1. The summed E-state index contributed by atoms with van der Waals surface area (Å²) in [6.07, 6.45) is 0.933. The lowest BCUT2D eigenvalue weighted by molar-refractivity contribution is -0.123. The van der Waals surface area contributed by atoms with Crippen LogP contribution in [0, 0.1) is 0 Å². The normalized spacial score (nSPS) is 10.0. The molecule has 2 amide bonds. The molecule has 1 aromatic carbocycles. The first-order valence-corrected chi connectivity index (χ1v) is 8.55. The molecule has 0 bridgehead atoms. The average Bonchev–Trinajstić information content (AvgIpc) is 3.05. The number of hydrazine groups is 1. The summed E-state index contributed by atoms with van der Waals surface area (Å²) in [5.74, 6) is -0.311. The van der Waals surface area contributed by atoms with Gasteiger partial charge in [-0.25, -0.2) is 0 Å². The van der Waals surface area contributed by atoms with Gasteiger partial charge in [0.2, 0.25) is 0 Å². The van der Waals surface area contributed by atoms with Crippen LogP contribution < -0.4 is 20.9 Å². The molecule has 0 aliphatic rings. The highest BCUT2D eigenvalue weighted by Gasteiger charge is 2.12. The lowest BCUT2D eigenvalue weighted by Crippen LogP contribution is -2.49. The van der Waals surface area contributed by atoms with Crippen LogP contribution in [0.3, 0.4) is 0 Å². The van der Waals surface area contributed by atoms with Gasteiger partial charge in [0.05, 0.1) is 0 Å². The third-order valence-corrected chi connectivity index (χ3v) is 3.67. The van der Waals surface area contributed by atoms with Gasteiger partial charge in [-0.1, -0.05) is 19.1 Å². The SMILES string of the molecule is CCc1ccc(OCC(=O)NNC(=S)NC(=O)c2ccc(Br)o2)cc1. The number of benzene rings is 1. The summed E-state index contributed by atoms with van der Waals surface area (Å²) in [5.41, 5.74) is 5.92. The van der Waals surface area contributed by atoms with Crippen LogP contribution in [-0.4, -0.2) is 23.5 Å². The Kier molecular flexibility index (Phi) is 6.96. The molecule has 2 rings (SSSR count). The standard InChI is InChI=1S/C16H16BrN3O4S/c1-2-10-3-5-11(6-4-10)23-9-14(21)19-20-16(25)18-15(22)12-7-8-13(17)24-12/h3-8H,2,9H2,1H3,(H,19,21)(H2,18,20,22,25). The first-order valence-electron chi connectivity index (χ1n) is 7.35. The molecule has 0 aliphatic carbocycles. The summed E-state index contributed by atoms with van der Waals surface area (Å²) < 4.78 is 10.9. The Balaban J connectivity index is 1.70. The molecule has 0 fully saturated rings. The number of hydrogen-bond donors (Lipinski definition) is 3. The van der Waals surface area contributed by atoms with Crippen molar-refractivity contribution >= 4 is 45.1 Å². The van der Waals surface area contributed by atoms with Gasteiger partial charge in [-0.3, -0.25) is 25.8 Å². The first-order chi connectivity index (χ1) is 12.0. The molecule has 7 nitrogen and oxygen atoms in total. The minimum Gasteiger partial charge on any atom is -0.484 e. The molecule has 0 spiro atoms. The van der Waals surface area contributed by atoms with E-state index >= 15 is 0 Å². The Morgan fingerprint density at radius 3 is 2.48 bits per heavy atom. The Morgan fingerprint density at radius 1 is 1.16 bits per heavy atom. The molecule has 9 heteroatoms. The monoisotopic (exact) mass is 425 g/mol. The van der Waals surface area contributed by atoms with Gasteiger partial charge in [-0.05, 0) is 64.4 Å². The van der Waals surface area contributed by atoms with Crippen LogP contribution >= 0.6 is 28.1 Å². The minimum absolute atomic E-state index is 0.0711. The number of furan rings is 1. The molecule has 1 heterocycles. The number of ether oxygens (including phenoxy) is 1. The fourth-order valence-corrected chi connectivity index (χ4v) is 2.22. The Morgan fingerprint density at radius 2 is 1.88 bits per heavy atom. The molecule has 2 aromatic rings. The molecule has 3 N–H and O–H groups in total.